The molecular formula is C64H42FN5O. The van der Waals surface area contributed by atoms with Crippen molar-refractivity contribution in [1.82, 2.24) is 24.1 Å². The minimum absolute atomic E-state index is 0.312. The average Bonchev–Trinajstić information content (AvgIpc) is 3.97. The molecule has 0 aliphatic heterocycles. The van der Waals surface area contributed by atoms with Crippen molar-refractivity contribution in [2.45, 2.75) is 0 Å². The van der Waals surface area contributed by atoms with Crippen LogP contribution in [0.3, 0.4) is 0 Å². The van der Waals surface area contributed by atoms with Gasteiger partial charge in [0.1, 0.15) is 11.6 Å². The van der Waals surface area contributed by atoms with Gasteiger partial charge < -0.3 is 9.30 Å². The van der Waals surface area contributed by atoms with Gasteiger partial charge in [-0.05, 0) is 69.8 Å². The Morgan fingerprint density at radius 1 is 0.352 bits per heavy atom. The summed E-state index contributed by atoms with van der Waals surface area (Å²) in [6, 6.07) is 80.1. The van der Waals surface area contributed by atoms with Crippen LogP contribution in [0.25, 0.3) is 123 Å². The van der Waals surface area contributed by atoms with E-state index in [0.29, 0.717) is 40.0 Å². The SMILES string of the molecule is COc1cccc(-c2ccccc2)c1-c1c(F)cccc1-c1nc(-c2ccc(-c3ccccc3)cc2)nc(-n2c3ccccc3c3ccc4c5ccccc5n(-c5ccc(-c6ccccc6)cc5)c4c32)n1. The van der Waals surface area contributed by atoms with Gasteiger partial charge in [-0.1, -0.05) is 200 Å². The lowest BCUT2D eigenvalue weighted by Crippen LogP contribution is -2.08. The Hall–Kier alpha value is -9.46. The number of ether oxygens (including phenoxy) is 1. The van der Waals surface area contributed by atoms with Gasteiger partial charge in [0.05, 0.1) is 29.2 Å². The normalized spacial score (nSPS) is 11.5. The summed E-state index contributed by atoms with van der Waals surface area (Å²) in [5.74, 6) is 1.25. The van der Waals surface area contributed by atoms with E-state index in [1.54, 1.807) is 13.2 Å². The Morgan fingerprint density at radius 2 is 0.831 bits per heavy atom. The zero-order valence-corrected chi connectivity index (χ0v) is 38.5. The first-order chi connectivity index (χ1) is 35.1. The first kappa shape index (κ1) is 41.7. The zero-order chi connectivity index (χ0) is 47.4. The molecule has 0 aliphatic carbocycles. The average molecular weight is 916 g/mol. The first-order valence-electron chi connectivity index (χ1n) is 23.7. The highest BCUT2D eigenvalue weighted by Crippen LogP contribution is 2.46. The van der Waals surface area contributed by atoms with Gasteiger partial charge in [0, 0.05) is 49.5 Å². The maximum Gasteiger partial charge on any atom is 0.238 e. The van der Waals surface area contributed by atoms with Crippen LogP contribution in [0.1, 0.15) is 0 Å². The van der Waals surface area contributed by atoms with Crippen LogP contribution in [0.4, 0.5) is 4.39 Å². The quantitative estimate of drug-likeness (QED) is 0.145. The lowest BCUT2D eigenvalue weighted by molar-refractivity contribution is 0.416. The Morgan fingerprint density at radius 3 is 1.45 bits per heavy atom. The van der Waals surface area contributed by atoms with Crippen molar-refractivity contribution in [3.63, 3.8) is 0 Å². The molecule has 0 unspecified atom stereocenters. The van der Waals surface area contributed by atoms with Crippen LogP contribution < -0.4 is 4.74 Å². The molecule has 71 heavy (non-hydrogen) atoms. The fourth-order valence-corrected chi connectivity index (χ4v) is 10.3. The van der Waals surface area contributed by atoms with E-state index in [1.807, 2.05) is 91.0 Å². The lowest BCUT2D eigenvalue weighted by atomic mass is 9.90. The first-order valence-corrected chi connectivity index (χ1v) is 23.7. The smallest absolute Gasteiger partial charge is 0.238 e. The number of methoxy groups -OCH3 is 1. The summed E-state index contributed by atoms with van der Waals surface area (Å²) in [5.41, 5.74) is 13.4. The van der Waals surface area contributed by atoms with E-state index in [9.17, 15) is 0 Å². The van der Waals surface area contributed by atoms with Crippen molar-refractivity contribution in [3.05, 3.63) is 242 Å². The number of halogens is 1. The number of fused-ring (bicyclic) bond motifs is 7. The molecule has 13 rings (SSSR count). The molecule has 0 aliphatic rings. The Balaban J connectivity index is 1.11. The molecule has 0 bridgehead atoms. The highest BCUT2D eigenvalue weighted by atomic mass is 19.1. The Kier molecular flexibility index (Phi) is 10.1. The zero-order valence-electron chi connectivity index (χ0n) is 38.5. The lowest BCUT2D eigenvalue weighted by Gasteiger charge is -2.19. The van der Waals surface area contributed by atoms with Crippen molar-refractivity contribution in [2.75, 3.05) is 7.11 Å². The van der Waals surface area contributed by atoms with Crippen LogP contribution in [-0.4, -0.2) is 31.2 Å². The molecule has 10 aromatic carbocycles. The van der Waals surface area contributed by atoms with Crippen LogP contribution >= 0.6 is 0 Å². The fraction of sp³-hybridized carbons (Fsp3) is 0.0156. The van der Waals surface area contributed by atoms with Crippen LogP contribution in [0.5, 0.6) is 5.75 Å². The van der Waals surface area contributed by atoms with Crippen LogP contribution in [0.2, 0.25) is 0 Å². The number of para-hydroxylation sites is 2. The van der Waals surface area contributed by atoms with Crippen molar-refractivity contribution >= 4 is 43.6 Å². The van der Waals surface area contributed by atoms with Crippen LogP contribution in [0.15, 0.2) is 237 Å². The number of benzene rings is 10. The topological polar surface area (TPSA) is 57.8 Å². The fourth-order valence-electron chi connectivity index (χ4n) is 10.3. The van der Waals surface area contributed by atoms with Crippen molar-refractivity contribution < 1.29 is 9.13 Å². The number of hydrogen-bond acceptors (Lipinski definition) is 4. The molecule has 13 aromatic rings. The second kappa shape index (κ2) is 17.3. The minimum atomic E-state index is -0.429. The van der Waals surface area contributed by atoms with Crippen molar-refractivity contribution in [2.24, 2.45) is 0 Å². The summed E-state index contributed by atoms with van der Waals surface area (Å²) in [5, 5.41) is 4.30. The van der Waals surface area contributed by atoms with E-state index < -0.39 is 5.82 Å². The largest absolute Gasteiger partial charge is 0.496 e. The summed E-state index contributed by atoms with van der Waals surface area (Å²) in [6.45, 7) is 0. The predicted octanol–water partition coefficient (Wildman–Crippen LogP) is 16.2. The van der Waals surface area contributed by atoms with Gasteiger partial charge in [-0.15, -0.1) is 0 Å². The predicted molar refractivity (Wildman–Crippen MR) is 288 cm³/mol. The summed E-state index contributed by atoms with van der Waals surface area (Å²) in [7, 11) is 1.62. The van der Waals surface area contributed by atoms with Crippen molar-refractivity contribution in [1.29, 1.82) is 0 Å². The molecule has 7 heteroatoms. The van der Waals surface area contributed by atoms with Gasteiger partial charge in [-0.2, -0.15) is 9.97 Å². The maximum atomic E-state index is 17.1. The third-order valence-corrected chi connectivity index (χ3v) is 13.6. The van der Waals surface area contributed by atoms with E-state index >= 15 is 4.39 Å². The van der Waals surface area contributed by atoms with Gasteiger partial charge >= 0.3 is 0 Å². The number of hydrogen-bond donors (Lipinski definition) is 0. The molecule has 0 radical (unpaired) electrons. The molecule has 0 spiro atoms. The molecule has 3 heterocycles. The summed E-state index contributed by atoms with van der Waals surface area (Å²) < 4.78 is 27.7. The molecule has 0 saturated carbocycles. The molecule has 0 atom stereocenters. The van der Waals surface area contributed by atoms with Crippen molar-refractivity contribution in [3.8, 4) is 84.7 Å². The molecular weight excluding hydrogens is 874 g/mol. The van der Waals surface area contributed by atoms with E-state index in [1.165, 1.54) is 6.07 Å². The van der Waals surface area contributed by atoms with Crippen LogP contribution in [0, 0.1) is 5.82 Å². The van der Waals surface area contributed by atoms with E-state index in [-0.39, 0.29) is 0 Å². The van der Waals surface area contributed by atoms with E-state index in [0.717, 1.165) is 88.2 Å². The Bertz CT molecular complexity index is 4130. The molecule has 0 fully saturated rings. The highest BCUT2D eigenvalue weighted by Gasteiger charge is 2.26. The highest BCUT2D eigenvalue weighted by molar-refractivity contribution is 6.23. The van der Waals surface area contributed by atoms with Gasteiger partial charge in [0.25, 0.3) is 0 Å². The number of nitrogens with zero attached hydrogens (tertiary/aromatic N) is 5. The third-order valence-electron chi connectivity index (χ3n) is 13.6. The second-order valence-corrected chi connectivity index (χ2v) is 17.6. The van der Waals surface area contributed by atoms with Gasteiger partial charge in [0.15, 0.2) is 11.6 Å². The maximum absolute atomic E-state index is 17.1. The van der Waals surface area contributed by atoms with Crippen LogP contribution in [-0.2, 0) is 0 Å². The van der Waals surface area contributed by atoms with Gasteiger partial charge in [-0.3, -0.25) is 4.57 Å². The third kappa shape index (κ3) is 7.05. The summed E-state index contributed by atoms with van der Waals surface area (Å²) in [4.78, 5) is 16.2. The molecule has 6 nitrogen and oxygen atoms in total. The molecule has 0 saturated heterocycles. The molecule has 0 N–H and O–H groups in total. The molecule has 3 aromatic heterocycles. The molecule has 0 amide bonds. The number of aromatic nitrogens is 5. The summed E-state index contributed by atoms with van der Waals surface area (Å²) in [6.07, 6.45) is 0. The van der Waals surface area contributed by atoms with Gasteiger partial charge in [-0.25, -0.2) is 9.37 Å². The second-order valence-electron chi connectivity index (χ2n) is 17.6. The van der Waals surface area contributed by atoms with E-state index in [2.05, 4.69) is 143 Å². The summed E-state index contributed by atoms with van der Waals surface area (Å²) >= 11 is 0. The number of rotatable bonds is 9. The Labute approximate surface area is 409 Å². The van der Waals surface area contributed by atoms with E-state index in [4.69, 9.17) is 19.7 Å². The monoisotopic (exact) mass is 915 g/mol. The standard InChI is InChI=1S/C64H42FN5O/c1-71-57-30-16-25-48(45-21-9-4-10-22-45)59(57)58-53(26-15-27-54(58)65)63-66-62(46-33-31-43(32-34-46)41-17-5-2-6-18-41)67-64(68-63)70-56-29-14-12-24-50(56)52-40-39-51-49-23-11-13-28-55(49)69(60(51)61(52)70)47-37-35-44(36-38-47)42-19-7-3-8-20-42/h2-40H,1H3. The van der Waals surface area contributed by atoms with Gasteiger partial charge in [0.2, 0.25) is 5.95 Å². The minimum Gasteiger partial charge on any atom is -0.496 e. The molecule has 336 valence electrons.